The summed E-state index contributed by atoms with van der Waals surface area (Å²) in [7, 11) is 0. The Kier molecular flexibility index (Phi) is 5.62. The molecule has 1 aliphatic rings. The number of hydrogen-bond donors (Lipinski definition) is 0. The van der Waals surface area contributed by atoms with Gasteiger partial charge in [0.15, 0.2) is 5.78 Å². The van der Waals surface area contributed by atoms with Crippen LogP contribution in [0.5, 0.6) is 0 Å². The van der Waals surface area contributed by atoms with Crippen molar-refractivity contribution in [2.45, 2.75) is 19.3 Å². The molecule has 1 heterocycles. The van der Waals surface area contributed by atoms with Gasteiger partial charge in [0.1, 0.15) is 5.92 Å². The maximum atomic E-state index is 12.7. The zero-order chi connectivity index (χ0) is 18.0. The molecule has 0 radical (unpaired) electrons. The minimum Gasteiger partial charge on any atom is -0.465 e. The molecule has 1 aromatic heterocycles. The molecular weight excluding hydrogens is 379 g/mol. The van der Waals surface area contributed by atoms with Crippen LogP contribution >= 0.6 is 34.5 Å². The fourth-order valence-electron chi connectivity index (χ4n) is 3.11. The normalized spacial score (nSPS) is 20.3. The van der Waals surface area contributed by atoms with Crippen LogP contribution in [0.1, 0.15) is 29.7 Å². The van der Waals surface area contributed by atoms with Crippen LogP contribution in [0.2, 0.25) is 10.0 Å². The Morgan fingerprint density at radius 1 is 1.32 bits per heavy atom. The maximum Gasteiger partial charge on any atom is 0.317 e. The Morgan fingerprint density at radius 3 is 2.76 bits per heavy atom. The number of carbonyl (C=O) groups excluding carboxylic acids is 2. The molecule has 0 bridgehead atoms. The highest BCUT2D eigenvalue weighted by molar-refractivity contribution is 7.11. The topological polar surface area (TPSA) is 43.4 Å². The number of allylic oxidation sites excluding steroid dienone is 2. The van der Waals surface area contributed by atoms with Crippen molar-refractivity contribution in [3.05, 3.63) is 62.3 Å². The lowest BCUT2D eigenvalue weighted by atomic mass is 9.74. The van der Waals surface area contributed by atoms with Gasteiger partial charge in [-0.2, -0.15) is 0 Å². The van der Waals surface area contributed by atoms with Gasteiger partial charge in [-0.3, -0.25) is 9.59 Å². The highest BCUT2D eigenvalue weighted by atomic mass is 35.5. The molecule has 2 unspecified atom stereocenters. The molecule has 25 heavy (non-hydrogen) atoms. The van der Waals surface area contributed by atoms with Gasteiger partial charge >= 0.3 is 5.97 Å². The number of ether oxygens (including phenoxy) is 1. The van der Waals surface area contributed by atoms with E-state index in [0.29, 0.717) is 16.5 Å². The van der Waals surface area contributed by atoms with E-state index < -0.39 is 11.9 Å². The van der Waals surface area contributed by atoms with Crippen LogP contribution in [0.3, 0.4) is 0 Å². The second-order valence-electron chi connectivity index (χ2n) is 5.76. The van der Waals surface area contributed by atoms with Gasteiger partial charge < -0.3 is 4.74 Å². The number of ketones is 1. The zero-order valence-electron chi connectivity index (χ0n) is 13.5. The number of rotatable bonds is 4. The van der Waals surface area contributed by atoms with E-state index in [1.807, 2.05) is 17.5 Å². The second-order valence-corrected chi connectivity index (χ2v) is 7.55. The zero-order valence-corrected chi connectivity index (χ0v) is 15.8. The van der Waals surface area contributed by atoms with Gasteiger partial charge in [-0.1, -0.05) is 35.3 Å². The maximum absolute atomic E-state index is 12.7. The van der Waals surface area contributed by atoms with Crippen molar-refractivity contribution >= 4 is 51.9 Å². The highest BCUT2D eigenvalue weighted by Gasteiger charge is 2.40. The minimum absolute atomic E-state index is 0.227. The molecule has 2 atom stereocenters. The quantitative estimate of drug-likeness (QED) is 0.516. The van der Waals surface area contributed by atoms with Gasteiger partial charge in [0.25, 0.3) is 0 Å². The molecule has 0 saturated carbocycles. The van der Waals surface area contributed by atoms with Gasteiger partial charge in [0.05, 0.1) is 6.61 Å². The van der Waals surface area contributed by atoms with E-state index in [1.165, 1.54) is 0 Å². The van der Waals surface area contributed by atoms with Crippen LogP contribution in [0.25, 0.3) is 5.57 Å². The molecule has 0 saturated heterocycles. The average Bonchev–Trinajstić information content (AvgIpc) is 3.08. The third-order valence-electron chi connectivity index (χ3n) is 4.21. The summed E-state index contributed by atoms with van der Waals surface area (Å²) < 4.78 is 5.14. The Morgan fingerprint density at radius 2 is 2.12 bits per heavy atom. The van der Waals surface area contributed by atoms with Crippen LogP contribution in [0.15, 0.2) is 41.8 Å². The van der Waals surface area contributed by atoms with E-state index in [4.69, 9.17) is 27.9 Å². The van der Waals surface area contributed by atoms with Crippen LogP contribution < -0.4 is 0 Å². The van der Waals surface area contributed by atoms with Gasteiger partial charge in [0, 0.05) is 20.8 Å². The van der Waals surface area contributed by atoms with Crippen molar-refractivity contribution in [3.8, 4) is 0 Å². The Labute approximate surface area is 160 Å². The lowest BCUT2D eigenvalue weighted by Gasteiger charge is -2.29. The van der Waals surface area contributed by atoms with Gasteiger partial charge in [0.2, 0.25) is 0 Å². The van der Waals surface area contributed by atoms with Crippen molar-refractivity contribution in [2.75, 3.05) is 6.61 Å². The van der Waals surface area contributed by atoms with Crippen LogP contribution in [0, 0.1) is 5.92 Å². The summed E-state index contributed by atoms with van der Waals surface area (Å²) in [6, 6.07) is 9.04. The molecule has 6 heteroatoms. The Bertz CT molecular complexity index is 827. The fourth-order valence-corrected chi connectivity index (χ4v) is 4.41. The van der Waals surface area contributed by atoms with E-state index in [9.17, 15) is 9.59 Å². The fraction of sp³-hybridized carbons (Fsp3) is 0.263. The largest absolute Gasteiger partial charge is 0.465 e. The summed E-state index contributed by atoms with van der Waals surface area (Å²) in [5, 5.41) is 2.92. The van der Waals surface area contributed by atoms with Crippen molar-refractivity contribution in [1.82, 2.24) is 0 Å². The summed E-state index contributed by atoms with van der Waals surface area (Å²) in [5.74, 6) is -2.02. The molecule has 3 nitrogen and oxygen atoms in total. The lowest BCUT2D eigenvalue weighted by molar-refractivity contribution is -0.151. The predicted octanol–water partition coefficient (Wildman–Crippen LogP) is 5.37. The minimum atomic E-state index is -0.887. The second kappa shape index (κ2) is 7.73. The first-order valence-electron chi connectivity index (χ1n) is 7.91. The number of halogens is 2. The molecule has 130 valence electrons. The van der Waals surface area contributed by atoms with E-state index in [-0.39, 0.29) is 18.3 Å². The summed E-state index contributed by atoms with van der Waals surface area (Å²) in [6.07, 6.45) is 2.10. The predicted molar refractivity (Wildman–Crippen MR) is 101 cm³/mol. The number of hydrogen-bond acceptors (Lipinski definition) is 4. The van der Waals surface area contributed by atoms with Crippen molar-refractivity contribution in [1.29, 1.82) is 0 Å². The Balaban J connectivity index is 2.05. The summed E-state index contributed by atoms with van der Waals surface area (Å²) in [6.45, 7) is 1.95. The summed E-state index contributed by atoms with van der Waals surface area (Å²) in [5.41, 5.74) is 1.65. The molecule has 0 fully saturated rings. The van der Waals surface area contributed by atoms with Crippen molar-refractivity contribution in [2.24, 2.45) is 5.92 Å². The van der Waals surface area contributed by atoms with Crippen molar-refractivity contribution in [3.63, 3.8) is 0 Å². The molecule has 0 N–H and O–H groups in total. The number of carbonyl (C=O) groups is 2. The first kappa shape index (κ1) is 18.2. The molecule has 0 amide bonds. The molecule has 3 rings (SSSR count). The van der Waals surface area contributed by atoms with E-state index >= 15 is 0 Å². The highest BCUT2D eigenvalue weighted by Crippen LogP contribution is 2.43. The number of thiophene rings is 1. The monoisotopic (exact) mass is 394 g/mol. The van der Waals surface area contributed by atoms with Crippen LogP contribution in [-0.4, -0.2) is 18.4 Å². The first-order valence-corrected chi connectivity index (χ1v) is 9.54. The molecule has 1 aromatic carbocycles. The van der Waals surface area contributed by atoms with Crippen LogP contribution in [-0.2, 0) is 14.3 Å². The van der Waals surface area contributed by atoms with E-state index in [0.717, 1.165) is 16.0 Å². The van der Waals surface area contributed by atoms with Gasteiger partial charge in [-0.15, -0.1) is 11.3 Å². The molecule has 0 aliphatic heterocycles. The van der Waals surface area contributed by atoms with E-state index in [2.05, 4.69) is 0 Å². The standard InChI is InChI=1S/C19H16Cl2O3S/c1-2-24-19(23)18-14(13-6-5-12(20)10-15(13)21)8-11(9-16(18)22)17-4-3-7-25-17/h3-7,9-10,14,18H,2,8H2,1H3. The van der Waals surface area contributed by atoms with Crippen molar-refractivity contribution < 1.29 is 14.3 Å². The third kappa shape index (κ3) is 3.81. The van der Waals surface area contributed by atoms with Gasteiger partial charge in [-0.05, 0) is 54.1 Å². The average molecular weight is 395 g/mol. The summed E-state index contributed by atoms with van der Waals surface area (Å²) in [4.78, 5) is 26.2. The lowest BCUT2D eigenvalue weighted by Crippen LogP contribution is -2.34. The van der Waals surface area contributed by atoms with Crippen LogP contribution in [0.4, 0.5) is 0 Å². The number of esters is 1. The number of benzene rings is 1. The van der Waals surface area contributed by atoms with E-state index in [1.54, 1.807) is 42.5 Å². The Hall–Kier alpha value is -1.62. The SMILES string of the molecule is CCOC(=O)C1C(=O)C=C(c2cccs2)CC1c1ccc(Cl)cc1Cl. The third-order valence-corrected chi connectivity index (χ3v) is 5.71. The summed E-state index contributed by atoms with van der Waals surface area (Å²) >= 11 is 13.9. The molecule has 1 aliphatic carbocycles. The van der Waals surface area contributed by atoms with Gasteiger partial charge in [-0.25, -0.2) is 0 Å². The molecular formula is C19H16Cl2O3S. The first-order chi connectivity index (χ1) is 12.0. The molecule has 2 aromatic rings. The smallest absolute Gasteiger partial charge is 0.317 e. The molecule has 0 spiro atoms.